The lowest BCUT2D eigenvalue weighted by Crippen LogP contribution is -2.21. The number of esters is 1. The number of nitrogens with one attached hydrogen (secondary N) is 1. The second kappa shape index (κ2) is 3.92. The molecule has 0 amide bonds. The lowest BCUT2D eigenvalue weighted by molar-refractivity contribution is 0.0520. The van der Waals surface area contributed by atoms with Crippen LogP contribution in [-0.4, -0.2) is 17.7 Å². The number of H-pyrrole nitrogens is 1. The number of hydrogen-bond acceptors (Lipinski definition) is 4. The average Bonchev–Trinajstić information content (AvgIpc) is 2.46. The summed E-state index contributed by atoms with van der Waals surface area (Å²) in [6.45, 7) is 7.46. The second-order valence-corrected chi connectivity index (χ2v) is 4.21. The molecule has 0 aromatic carbocycles. The maximum atomic E-state index is 11.5. The van der Waals surface area contributed by atoms with Crippen molar-refractivity contribution in [2.75, 3.05) is 6.61 Å². The molecule has 0 atom stereocenters. The third-order valence-corrected chi connectivity index (χ3v) is 1.86. The molecule has 0 aliphatic heterocycles. The molecule has 0 aliphatic carbocycles. The Labute approximate surface area is 87.4 Å². The van der Waals surface area contributed by atoms with Gasteiger partial charge in [0.2, 0.25) is 0 Å². The summed E-state index contributed by atoms with van der Waals surface area (Å²) in [6.07, 6.45) is 0. The van der Waals surface area contributed by atoms with E-state index in [1.54, 1.807) is 6.92 Å². The van der Waals surface area contributed by atoms with E-state index in [9.17, 15) is 9.59 Å². The van der Waals surface area contributed by atoms with Gasteiger partial charge in [0.15, 0.2) is 11.3 Å². The zero-order valence-electron chi connectivity index (χ0n) is 9.34. The van der Waals surface area contributed by atoms with Gasteiger partial charge >= 0.3 is 5.97 Å². The van der Waals surface area contributed by atoms with Crippen LogP contribution in [0.3, 0.4) is 0 Å². The van der Waals surface area contributed by atoms with Crippen LogP contribution in [-0.2, 0) is 10.2 Å². The molecular formula is C10H15NO4. The molecule has 5 nitrogen and oxygen atoms in total. The molecular weight excluding hydrogens is 198 g/mol. The molecule has 0 unspecified atom stereocenters. The first-order valence-electron chi connectivity index (χ1n) is 4.77. The maximum absolute atomic E-state index is 11.5. The highest BCUT2D eigenvalue weighted by molar-refractivity contribution is 5.90. The topological polar surface area (TPSA) is 72.3 Å². The molecule has 0 radical (unpaired) electrons. The highest BCUT2D eigenvalue weighted by Gasteiger charge is 2.30. The fourth-order valence-electron chi connectivity index (χ4n) is 1.22. The molecule has 0 saturated carbocycles. The van der Waals surface area contributed by atoms with Crippen molar-refractivity contribution in [1.29, 1.82) is 0 Å². The van der Waals surface area contributed by atoms with Gasteiger partial charge in [0.25, 0.3) is 5.56 Å². The first-order valence-corrected chi connectivity index (χ1v) is 4.77. The maximum Gasteiger partial charge on any atom is 0.347 e. The summed E-state index contributed by atoms with van der Waals surface area (Å²) in [6, 6.07) is 0. The van der Waals surface area contributed by atoms with Gasteiger partial charge in [-0.2, -0.15) is 5.16 Å². The summed E-state index contributed by atoms with van der Waals surface area (Å²) < 4.78 is 9.77. The lowest BCUT2D eigenvalue weighted by atomic mass is 9.90. The molecule has 0 spiro atoms. The molecule has 0 bridgehead atoms. The largest absolute Gasteiger partial charge is 0.462 e. The van der Waals surface area contributed by atoms with E-state index in [0.717, 1.165) is 0 Å². The zero-order chi connectivity index (χ0) is 11.6. The quantitative estimate of drug-likeness (QED) is 0.754. The van der Waals surface area contributed by atoms with Gasteiger partial charge in [0.05, 0.1) is 6.61 Å². The van der Waals surface area contributed by atoms with Crippen LogP contribution in [0.4, 0.5) is 0 Å². The summed E-state index contributed by atoms with van der Waals surface area (Å²) in [7, 11) is 0. The number of carbonyl (C=O) groups is 1. The van der Waals surface area contributed by atoms with E-state index in [4.69, 9.17) is 9.26 Å². The Kier molecular flexibility index (Phi) is 3.02. The predicted octanol–water partition coefficient (Wildman–Crippen LogP) is 1.44. The van der Waals surface area contributed by atoms with E-state index in [-0.39, 0.29) is 12.2 Å². The second-order valence-electron chi connectivity index (χ2n) is 4.21. The van der Waals surface area contributed by atoms with Gasteiger partial charge in [-0.25, -0.2) is 4.79 Å². The van der Waals surface area contributed by atoms with E-state index >= 15 is 0 Å². The monoisotopic (exact) mass is 213 g/mol. The third kappa shape index (κ3) is 2.29. The fourth-order valence-corrected chi connectivity index (χ4v) is 1.22. The summed E-state index contributed by atoms with van der Waals surface area (Å²) in [5.41, 5.74) is -0.996. The van der Waals surface area contributed by atoms with Gasteiger partial charge in [-0.3, -0.25) is 4.79 Å². The standard InChI is InChI=1S/C10H15NO4/c1-5-14-9(13)6-7(10(2,3)4)15-11-8(6)12/h5H2,1-4H3,(H,11,12). The van der Waals surface area contributed by atoms with Crippen LogP contribution in [0.1, 0.15) is 43.8 Å². The van der Waals surface area contributed by atoms with Crippen molar-refractivity contribution in [3.8, 4) is 0 Å². The van der Waals surface area contributed by atoms with Crippen molar-refractivity contribution in [3.63, 3.8) is 0 Å². The normalized spacial score (nSPS) is 11.5. The number of aromatic amines is 1. The van der Waals surface area contributed by atoms with Gasteiger partial charge in [-0.1, -0.05) is 20.8 Å². The first-order chi connectivity index (χ1) is 6.88. The van der Waals surface area contributed by atoms with Crippen molar-refractivity contribution in [2.45, 2.75) is 33.1 Å². The molecule has 1 N–H and O–H groups in total. The number of ether oxygens (including phenoxy) is 1. The summed E-state index contributed by atoms with van der Waals surface area (Å²) >= 11 is 0. The van der Waals surface area contributed by atoms with E-state index in [2.05, 4.69) is 5.16 Å². The van der Waals surface area contributed by atoms with Gasteiger partial charge < -0.3 is 9.26 Å². The third-order valence-electron chi connectivity index (χ3n) is 1.86. The fraction of sp³-hybridized carbons (Fsp3) is 0.600. The van der Waals surface area contributed by atoms with Crippen LogP contribution in [0.5, 0.6) is 0 Å². The van der Waals surface area contributed by atoms with Crippen molar-refractivity contribution in [3.05, 3.63) is 21.7 Å². The molecule has 15 heavy (non-hydrogen) atoms. The minimum atomic E-state index is -0.641. The van der Waals surface area contributed by atoms with Crippen LogP contribution >= 0.6 is 0 Å². The van der Waals surface area contributed by atoms with Crippen molar-refractivity contribution in [2.24, 2.45) is 0 Å². The smallest absolute Gasteiger partial charge is 0.347 e. The SMILES string of the molecule is CCOC(=O)c1c(C(C)(C)C)o[nH]c1=O. The predicted molar refractivity (Wildman–Crippen MR) is 54.0 cm³/mol. The number of carbonyl (C=O) groups excluding carboxylic acids is 1. The Balaban J connectivity index is 3.22. The van der Waals surface area contributed by atoms with Gasteiger partial charge in [-0.05, 0) is 6.92 Å². The number of hydrogen-bond donors (Lipinski definition) is 1. The number of aromatic nitrogens is 1. The summed E-state index contributed by atoms with van der Waals surface area (Å²) in [5.74, 6) is -0.316. The Hall–Kier alpha value is -1.52. The molecule has 5 heteroatoms. The summed E-state index contributed by atoms with van der Waals surface area (Å²) in [5, 5.41) is 2.15. The highest BCUT2D eigenvalue weighted by atomic mass is 16.5. The van der Waals surface area contributed by atoms with Crippen LogP contribution in [0, 0.1) is 0 Å². The molecule has 0 saturated heterocycles. The van der Waals surface area contributed by atoms with Crippen molar-refractivity contribution >= 4 is 5.97 Å². The minimum Gasteiger partial charge on any atom is -0.462 e. The van der Waals surface area contributed by atoms with E-state index in [1.807, 2.05) is 20.8 Å². The average molecular weight is 213 g/mol. The molecule has 0 fully saturated rings. The first kappa shape index (κ1) is 11.6. The van der Waals surface area contributed by atoms with Crippen molar-refractivity contribution in [1.82, 2.24) is 5.16 Å². The van der Waals surface area contributed by atoms with Gasteiger partial charge in [0.1, 0.15) is 0 Å². The molecule has 1 heterocycles. The zero-order valence-corrected chi connectivity index (χ0v) is 9.34. The Bertz CT molecular complexity index is 408. The van der Waals surface area contributed by atoms with E-state index in [0.29, 0.717) is 5.76 Å². The summed E-state index contributed by atoms with van der Waals surface area (Å²) in [4.78, 5) is 22.8. The number of rotatable bonds is 2. The van der Waals surface area contributed by atoms with Crippen LogP contribution in [0.2, 0.25) is 0 Å². The van der Waals surface area contributed by atoms with Crippen LogP contribution < -0.4 is 5.56 Å². The Morgan fingerprint density at radius 2 is 2.07 bits per heavy atom. The molecule has 0 aliphatic rings. The Morgan fingerprint density at radius 3 is 2.53 bits per heavy atom. The molecule has 1 aromatic rings. The lowest BCUT2D eigenvalue weighted by Gasteiger charge is -2.14. The van der Waals surface area contributed by atoms with E-state index < -0.39 is 16.9 Å². The minimum absolute atomic E-state index is 0.0376. The van der Waals surface area contributed by atoms with Crippen molar-refractivity contribution < 1.29 is 14.1 Å². The van der Waals surface area contributed by atoms with Crippen LogP contribution in [0.25, 0.3) is 0 Å². The van der Waals surface area contributed by atoms with E-state index in [1.165, 1.54) is 0 Å². The van der Waals surface area contributed by atoms with Gasteiger partial charge in [-0.15, -0.1) is 0 Å². The highest BCUT2D eigenvalue weighted by Crippen LogP contribution is 2.23. The Morgan fingerprint density at radius 1 is 1.47 bits per heavy atom. The molecule has 1 rings (SSSR count). The molecule has 1 aromatic heterocycles. The van der Waals surface area contributed by atoms with Gasteiger partial charge in [0, 0.05) is 5.41 Å². The molecule has 84 valence electrons. The van der Waals surface area contributed by atoms with Crippen LogP contribution in [0.15, 0.2) is 9.32 Å².